The average Bonchev–Trinajstić information content (AvgIpc) is 2.96. The molecule has 7 nitrogen and oxygen atoms in total. The normalized spacial score (nSPS) is 11.3. The van der Waals surface area contributed by atoms with Crippen molar-refractivity contribution in [2.75, 3.05) is 7.11 Å². The summed E-state index contributed by atoms with van der Waals surface area (Å²) in [5.74, 6) is 0.195. The second-order valence-electron chi connectivity index (χ2n) is 8.32. The summed E-state index contributed by atoms with van der Waals surface area (Å²) < 4.78 is 17.2. The van der Waals surface area contributed by atoms with Gasteiger partial charge in [-0.05, 0) is 41.0 Å². The van der Waals surface area contributed by atoms with Crippen LogP contribution in [0.3, 0.4) is 0 Å². The molecule has 0 unspecified atom stereocenters. The zero-order valence-electron chi connectivity index (χ0n) is 20.5. The third-order valence-electron chi connectivity index (χ3n) is 5.66. The Hall–Kier alpha value is -4.65. The van der Waals surface area contributed by atoms with Gasteiger partial charge in [0.25, 0.3) is 5.91 Å². The fourth-order valence-corrected chi connectivity index (χ4v) is 3.70. The second-order valence-corrected chi connectivity index (χ2v) is 8.32. The van der Waals surface area contributed by atoms with Crippen LogP contribution in [0.15, 0.2) is 103 Å². The Labute approximate surface area is 216 Å². The topological polar surface area (TPSA) is 86.8 Å². The first-order valence-electron chi connectivity index (χ1n) is 11.9. The minimum atomic E-state index is -0.885. The first-order chi connectivity index (χ1) is 18.1. The molecule has 0 bridgehead atoms. The van der Waals surface area contributed by atoms with Gasteiger partial charge in [-0.2, -0.15) is 0 Å². The van der Waals surface area contributed by atoms with Crippen LogP contribution in [0.4, 0.5) is 0 Å². The SMILES string of the molecule is COC(=O)[C@H](Cc1ccc(OCc2ccccc2)c(OCc2ccccc2)c1)NC(=O)c1ccncc1. The molecular formula is C30H28N2O5. The van der Waals surface area contributed by atoms with E-state index >= 15 is 0 Å². The largest absolute Gasteiger partial charge is 0.485 e. The highest BCUT2D eigenvalue weighted by Gasteiger charge is 2.23. The fourth-order valence-electron chi connectivity index (χ4n) is 3.70. The molecule has 37 heavy (non-hydrogen) atoms. The fraction of sp³-hybridized carbons (Fsp3) is 0.167. The number of aromatic nitrogens is 1. The second kappa shape index (κ2) is 12.9. The number of benzene rings is 3. The molecular weight excluding hydrogens is 468 g/mol. The zero-order valence-corrected chi connectivity index (χ0v) is 20.5. The van der Waals surface area contributed by atoms with E-state index in [1.165, 1.54) is 19.5 Å². The van der Waals surface area contributed by atoms with Crippen LogP contribution in [0.1, 0.15) is 27.0 Å². The van der Waals surface area contributed by atoms with Gasteiger partial charge in [0, 0.05) is 24.4 Å². The van der Waals surface area contributed by atoms with Crippen molar-refractivity contribution in [1.29, 1.82) is 0 Å². The first kappa shape index (κ1) is 25.4. The lowest BCUT2D eigenvalue weighted by molar-refractivity contribution is -0.142. The number of nitrogens with zero attached hydrogens (tertiary/aromatic N) is 1. The summed E-state index contributed by atoms with van der Waals surface area (Å²) in [6.45, 7) is 0.736. The van der Waals surface area contributed by atoms with E-state index in [4.69, 9.17) is 14.2 Å². The summed E-state index contributed by atoms with van der Waals surface area (Å²) in [7, 11) is 1.29. The monoisotopic (exact) mass is 496 g/mol. The van der Waals surface area contributed by atoms with Crippen molar-refractivity contribution < 1.29 is 23.8 Å². The van der Waals surface area contributed by atoms with Crippen LogP contribution in [0.2, 0.25) is 0 Å². The van der Waals surface area contributed by atoms with Gasteiger partial charge in [0.2, 0.25) is 0 Å². The van der Waals surface area contributed by atoms with Gasteiger partial charge < -0.3 is 19.5 Å². The lowest BCUT2D eigenvalue weighted by Gasteiger charge is -2.18. The van der Waals surface area contributed by atoms with Crippen molar-refractivity contribution in [3.8, 4) is 11.5 Å². The van der Waals surface area contributed by atoms with E-state index < -0.39 is 12.0 Å². The summed E-state index contributed by atoms with van der Waals surface area (Å²) >= 11 is 0. The highest BCUT2D eigenvalue weighted by atomic mass is 16.5. The lowest BCUT2D eigenvalue weighted by atomic mass is 10.0. The standard InChI is InChI=1S/C30H28N2O5/c1-35-30(34)26(32-29(33)25-14-16-31-17-15-25)18-24-12-13-27(36-20-22-8-4-2-5-9-22)28(19-24)37-21-23-10-6-3-7-11-23/h2-17,19,26H,18,20-21H2,1H3,(H,32,33)/t26-/m0/s1. The Morgan fingerprint density at radius 1 is 0.757 bits per heavy atom. The van der Waals surface area contributed by atoms with E-state index in [0.717, 1.165) is 16.7 Å². The Balaban J connectivity index is 1.53. The lowest BCUT2D eigenvalue weighted by Crippen LogP contribution is -2.43. The molecule has 0 aliphatic heterocycles. The first-order valence-corrected chi connectivity index (χ1v) is 11.9. The molecule has 0 saturated carbocycles. The van der Waals surface area contributed by atoms with E-state index in [1.54, 1.807) is 12.1 Å². The van der Waals surface area contributed by atoms with Crippen molar-refractivity contribution in [3.05, 3.63) is 126 Å². The molecule has 0 fully saturated rings. The van der Waals surface area contributed by atoms with E-state index in [1.807, 2.05) is 78.9 Å². The number of amides is 1. The molecule has 0 radical (unpaired) electrons. The molecule has 0 aliphatic carbocycles. The maximum atomic E-state index is 12.7. The quantitative estimate of drug-likeness (QED) is 0.302. The molecule has 3 aromatic carbocycles. The molecule has 0 spiro atoms. The summed E-state index contributed by atoms with van der Waals surface area (Å²) in [6, 6.07) is 27.5. The number of esters is 1. The van der Waals surface area contributed by atoms with Gasteiger partial charge in [0.05, 0.1) is 7.11 Å². The molecule has 1 heterocycles. The average molecular weight is 497 g/mol. The highest BCUT2D eigenvalue weighted by Crippen LogP contribution is 2.30. The number of nitrogens with one attached hydrogen (secondary N) is 1. The predicted octanol–water partition coefficient (Wildman–Crippen LogP) is 4.75. The van der Waals surface area contributed by atoms with Crippen LogP contribution >= 0.6 is 0 Å². The minimum absolute atomic E-state index is 0.212. The van der Waals surface area contributed by atoms with Gasteiger partial charge >= 0.3 is 5.97 Å². The Bertz CT molecular complexity index is 1300. The summed E-state index contributed by atoms with van der Waals surface area (Å²) in [5, 5.41) is 2.76. The van der Waals surface area contributed by atoms with Crippen molar-refractivity contribution in [2.24, 2.45) is 0 Å². The molecule has 188 valence electrons. The van der Waals surface area contributed by atoms with Crippen molar-refractivity contribution in [3.63, 3.8) is 0 Å². The van der Waals surface area contributed by atoms with Crippen LogP contribution in [0.25, 0.3) is 0 Å². The Morgan fingerprint density at radius 2 is 1.35 bits per heavy atom. The van der Waals surface area contributed by atoms with Gasteiger partial charge in [0.15, 0.2) is 11.5 Å². The maximum absolute atomic E-state index is 12.7. The number of pyridine rings is 1. The summed E-state index contributed by atoms with van der Waals surface area (Å²) in [5.41, 5.74) is 3.23. The number of carbonyl (C=O) groups excluding carboxylic acids is 2. The molecule has 4 aromatic rings. The van der Waals surface area contributed by atoms with Crippen molar-refractivity contribution in [1.82, 2.24) is 10.3 Å². The van der Waals surface area contributed by atoms with Crippen LogP contribution in [0, 0.1) is 0 Å². The van der Waals surface area contributed by atoms with E-state index in [-0.39, 0.29) is 12.3 Å². The maximum Gasteiger partial charge on any atom is 0.328 e. The van der Waals surface area contributed by atoms with Crippen LogP contribution < -0.4 is 14.8 Å². The molecule has 4 rings (SSSR count). The van der Waals surface area contributed by atoms with E-state index in [0.29, 0.717) is 30.3 Å². The molecule has 0 aliphatic rings. The number of rotatable bonds is 11. The molecule has 0 saturated heterocycles. The number of methoxy groups -OCH3 is 1. The number of ether oxygens (including phenoxy) is 3. The van der Waals surface area contributed by atoms with Crippen LogP contribution in [-0.2, 0) is 29.2 Å². The van der Waals surface area contributed by atoms with Crippen molar-refractivity contribution >= 4 is 11.9 Å². The van der Waals surface area contributed by atoms with E-state index in [2.05, 4.69) is 10.3 Å². The molecule has 1 amide bonds. The summed E-state index contributed by atoms with van der Waals surface area (Å²) in [6.07, 6.45) is 3.25. The molecule has 1 aromatic heterocycles. The third kappa shape index (κ3) is 7.41. The summed E-state index contributed by atoms with van der Waals surface area (Å²) in [4.78, 5) is 29.1. The Morgan fingerprint density at radius 3 is 1.95 bits per heavy atom. The van der Waals surface area contributed by atoms with Crippen LogP contribution in [0.5, 0.6) is 11.5 Å². The van der Waals surface area contributed by atoms with Gasteiger partial charge in [-0.1, -0.05) is 66.7 Å². The van der Waals surface area contributed by atoms with Crippen LogP contribution in [-0.4, -0.2) is 30.0 Å². The number of hydrogen-bond acceptors (Lipinski definition) is 6. The molecule has 7 heteroatoms. The zero-order chi connectivity index (χ0) is 25.9. The molecule has 1 N–H and O–H groups in total. The number of carbonyl (C=O) groups is 2. The number of hydrogen-bond donors (Lipinski definition) is 1. The smallest absolute Gasteiger partial charge is 0.328 e. The van der Waals surface area contributed by atoms with Gasteiger partial charge in [0.1, 0.15) is 19.3 Å². The highest BCUT2D eigenvalue weighted by molar-refractivity contribution is 5.96. The van der Waals surface area contributed by atoms with Gasteiger partial charge in [-0.3, -0.25) is 9.78 Å². The predicted molar refractivity (Wildman–Crippen MR) is 139 cm³/mol. The van der Waals surface area contributed by atoms with Gasteiger partial charge in [-0.15, -0.1) is 0 Å². The Kier molecular flexibility index (Phi) is 8.86. The van der Waals surface area contributed by atoms with E-state index in [9.17, 15) is 9.59 Å². The molecule has 1 atom stereocenters. The van der Waals surface area contributed by atoms with Gasteiger partial charge in [-0.25, -0.2) is 4.79 Å². The van der Waals surface area contributed by atoms with Crippen molar-refractivity contribution in [2.45, 2.75) is 25.7 Å². The minimum Gasteiger partial charge on any atom is -0.485 e. The third-order valence-corrected chi connectivity index (χ3v) is 5.66.